The van der Waals surface area contributed by atoms with E-state index in [1.807, 2.05) is 25.1 Å². The van der Waals surface area contributed by atoms with Gasteiger partial charge in [-0.1, -0.05) is 17.7 Å². The van der Waals surface area contributed by atoms with E-state index >= 15 is 0 Å². The summed E-state index contributed by atoms with van der Waals surface area (Å²) < 4.78 is 2.24. The van der Waals surface area contributed by atoms with Gasteiger partial charge in [0.15, 0.2) is 5.65 Å². The molecular weight excluding hydrogens is 344 g/mol. The number of benzene rings is 1. The lowest BCUT2D eigenvalue weighted by atomic mass is 10.1. The highest BCUT2D eigenvalue weighted by Gasteiger charge is 2.21. The molecule has 1 saturated heterocycles. The number of fused-ring (bicyclic) bond motifs is 1. The van der Waals surface area contributed by atoms with Gasteiger partial charge in [0.1, 0.15) is 9.71 Å². The first-order chi connectivity index (χ1) is 11.5. The van der Waals surface area contributed by atoms with Crippen molar-refractivity contribution in [2.45, 2.75) is 19.8 Å². The van der Waals surface area contributed by atoms with Crippen LogP contribution in [0.5, 0.6) is 0 Å². The monoisotopic (exact) mass is 360 g/mol. The number of halogens is 1. The largest absolute Gasteiger partial charge is 0.342 e. The molecule has 0 spiro atoms. The molecule has 3 aromatic rings. The maximum atomic E-state index is 12.7. The van der Waals surface area contributed by atoms with E-state index in [2.05, 4.69) is 14.9 Å². The molecule has 0 aliphatic carbocycles. The lowest BCUT2D eigenvalue weighted by molar-refractivity contribution is 0.778. The molecule has 1 aliphatic rings. The molecule has 0 radical (unpaired) electrons. The average Bonchev–Trinajstić information content (AvgIpc) is 3.20. The van der Waals surface area contributed by atoms with Crippen molar-refractivity contribution >= 4 is 39.2 Å². The molecule has 124 valence electrons. The zero-order valence-electron chi connectivity index (χ0n) is 13.5. The van der Waals surface area contributed by atoms with Crippen LogP contribution in [0, 0.1) is 6.92 Å². The lowest BCUT2D eigenvalue weighted by Gasteiger charge is -2.18. The molecule has 0 saturated carbocycles. The Morgan fingerprint density at radius 1 is 1.21 bits per heavy atom. The number of hydrogen-bond donors (Lipinski definition) is 0. The molecule has 24 heavy (non-hydrogen) atoms. The number of rotatable bonds is 2. The second-order valence-corrected chi connectivity index (χ2v) is 7.54. The molecule has 3 heterocycles. The van der Waals surface area contributed by atoms with E-state index < -0.39 is 0 Å². The predicted molar refractivity (Wildman–Crippen MR) is 99.3 cm³/mol. The highest BCUT2D eigenvalue weighted by molar-refractivity contribution is 7.21. The van der Waals surface area contributed by atoms with Crippen LogP contribution in [-0.2, 0) is 7.05 Å². The first-order valence-corrected chi connectivity index (χ1v) is 9.13. The number of thiazole rings is 1. The van der Waals surface area contributed by atoms with E-state index in [1.54, 1.807) is 11.6 Å². The summed E-state index contributed by atoms with van der Waals surface area (Å²) in [7, 11) is 1.79. The number of aryl methyl sites for hydroxylation is 1. The Morgan fingerprint density at radius 3 is 2.67 bits per heavy atom. The molecule has 0 unspecified atom stereocenters. The second kappa shape index (κ2) is 5.86. The minimum absolute atomic E-state index is 0.0303. The number of anilines is 1. The van der Waals surface area contributed by atoms with Crippen molar-refractivity contribution in [3.63, 3.8) is 0 Å². The third-order valence-corrected chi connectivity index (χ3v) is 5.72. The summed E-state index contributed by atoms with van der Waals surface area (Å²) in [5.74, 6) is 0.717. The molecule has 0 amide bonds. The predicted octanol–water partition coefficient (Wildman–Crippen LogP) is 3.62. The van der Waals surface area contributed by atoms with Crippen molar-refractivity contribution in [1.82, 2.24) is 14.5 Å². The summed E-state index contributed by atoms with van der Waals surface area (Å²) in [6.07, 6.45) is 2.28. The minimum Gasteiger partial charge on any atom is -0.342 e. The van der Waals surface area contributed by atoms with E-state index in [4.69, 9.17) is 11.6 Å². The van der Waals surface area contributed by atoms with Gasteiger partial charge in [-0.05, 0) is 37.5 Å². The molecule has 7 heteroatoms. The van der Waals surface area contributed by atoms with Gasteiger partial charge in [0.25, 0.3) is 5.56 Å². The van der Waals surface area contributed by atoms with Gasteiger partial charge in [0.05, 0.1) is 0 Å². The lowest BCUT2D eigenvalue weighted by Crippen LogP contribution is -2.29. The van der Waals surface area contributed by atoms with Crippen LogP contribution in [0.3, 0.4) is 0 Å². The van der Waals surface area contributed by atoms with Gasteiger partial charge in [-0.25, -0.2) is 4.98 Å². The fourth-order valence-corrected chi connectivity index (χ4v) is 4.42. The van der Waals surface area contributed by atoms with Gasteiger partial charge in [-0.15, -0.1) is 11.3 Å². The number of aromatic nitrogens is 3. The second-order valence-electron chi connectivity index (χ2n) is 6.10. The summed E-state index contributed by atoms with van der Waals surface area (Å²) in [5, 5.41) is 1.50. The first kappa shape index (κ1) is 15.6. The fraction of sp³-hybridized carbons (Fsp3) is 0.353. The van der Waals surface area contributed by atoms with E-state index in [0.29, 0.717) is 15.4 Å². The quantitative estimate of drug-likeness (QED) is 0.700. The molecule has 1 aromatic carbocycles. The van der Waals surface area contributed by atoms with Crippen LogP contribution in [0.4, 0.5) is 5.95 Å². The summed E-state index contributed by atoms with van der Waals surface area (Å²) in [6.45, 7) is 3.88. The smallest absolute Gasteiger partial charge is 0.274 e. The first-order valence-electron chi connectivity index (χ1n) is 7.93. The van der Waals surface area contributed by atoms with Crippen LogP contribution >= 0.6 is 22.9 Å². The van der Waals surface area contributed by atoms with E-state index in [0.717, 1.165) is 48.0 Å². The van der Waals surface area contributed by atoms with Crippen LogP contribution in [0.1, 0.15) is 18.4 Å². The van der Waals surface area contributed by atoms with Crippen molar-refractivity contribution < 1.29 is 0 Å². The Bertz CT molecular complexity index is 988. The van der Waals surface area contributed by atoms with Crippen LogP contribution in [-0.4, -0.2) is 27.6 Å². The van der Waals surface area contributed by atoms with Gasteiger partial charge < -0.3 is 4.90 Å². The number of hydrogen-bond acceptors (Lipinski definition) is 5. The van der Waals surface area contributed by atoms with Crippen molar-refractivity contribution in [3.8, 4) is 10.6 Å². The molecule has 0 bridgehead atoms. The van der Waals surface area contributed by atoms with E-state index in [9.17, 15) is 4.79 Å². The zero-order chi connectivity index (χ0) is 16.8. The summed E-state index contributed by atoms with van der Waals surface area (Å²) >= 11 is 7.43. The van der Waals surface area contributed by atoms with Gasteiger partial charge >= 0.3 is 0 Å². The van der Waals surface area contributed by atoms with Gasteiger partial charge in [0, 0.05) is 30.7 Å². The molecule has 1 fully saturated rings. The van der Waals surface area contributed by atoms with Crippen molar-refractivity contribution in [2.24, 2.45) is 7.05 Å². The third-order valence-electron chi connectivity index (χ3n) is 4.42. The Labute approximate surface area is 148 Å². The maximum Gasteiger partial charge on any atom is 0.274 e. The summed E-state index contributed by atoms with van der Waals surface area (Å²) in [6, 6.07) is 5.70. The molecule has 0 N–H and O–H groups in total. The van der Waals surface area contributed by atoms with Crippen LogP contribution in [0.25, 0.3) is 20.9 Å². The summed E-state index contributed by atoms with van der Waals surface area (Å²) in [5.41, 5.74) is 2.54. The minimum atomic E-state index is -0.0303. The molecule has 1 aliphatic heterocycles. The Morgan fingerprint density at radius 2 is 1.96 bits per heavy atom. The van der Waals surface area contributed by atoms with Crippen LogP contribution in [0.2, 0.25) is 5.02 Å². The van der Waals surface area contributed by atoms with Crippen molar-refractivity contribution in [3.05, 3.63) is 39.1 Å². The topological polar surface area (TPSA) is 51.0 Å². The molecule has 0 atom stereocenters. The van der Waals surface area contributed by atoms with Crippen LogP contribution in [0.15, 0.2) is 23.0 Å². The van der Waals surface area contributed by atoms with Gasteiger partial charge in [-0.2, -0.15) is 4.98 Å². The van der Waals surface area contributed by atoms with E-state index in [-0.39, 0.29) is 5.56 Å². The number of nitrogens with zero attached hydrogens (tertiary/aromatic N) is 4. The average molecular weight is 361 g/mol. The highest BCUT2D eigenvalue weighted by Crippen LogP contribution is 2.32. The fourth-order valence-electron chi connectivity index (χ4n) is 3.12. The van der Waals surface area contributed by atoms with Crippen LogP contribution < -0.4 is 10.5 Å². The molecule has 5 nitrogen and oxygen atoms in total. The molecular formula is C17H17ClN4OS. The SMILES string of the molecule is Cc1cc(Cl)ccc1-c1nc2nc(N3CCCC3)n(C)c(=O)c2s1. The van der Waals surface area contributed by atoms with Gasteiger partial charge in [-0.3, -0.25) is 9.36 Å². The molecule has 2 aromatic heterocycles. The normalized spacial score (nSPS) is 14.7. The molecule has 4 rings (SSSR count). The van der Waals surface area contributed by atoms with Crippen molar-refractivity contribution in [2.75, 3.05) is 18.0 Å². The highest BCUT2D eigenvalue weighted by atomic mass is 35.5. The Balaban J connectivity index is 1.89. The standard InChI is InChI=1S/C17H17ClN4OS/c1-10-9-11(18)5-6-12(10)15-19-14-13(24-15)16(23)21(2)17(20-14)22-7-3-4-8-22/h5-6,9H,3-4,7-8H2,1-2H3. The van der Waals surface area contributed by atoms with Crippen molar-refractivity contribution in [1.29, 1.82) is 0 Å². The van der Waals surface area contributed by atoms with E-state index in [1.165, 1.54) is 11.3 Å². The Kier molecular flexibility index (Phi) is 3.81. The maximum absolute atomic E-state index is 12.7. The third kappa shape index (κ3) is 2.50. The van der Waals surface area contributed by atoms with Gasteiger partial charge in [0.2, 0.25) is 5.95 Å². The zero-order valence-corrected chi connectivity index (χ0v) is 15.1. The summed E-state index contributed by atoms with van der Waals surface area (Å²) in [4.78, 5) is 24.2. The Hall–Kier alpha value is -1.92.